The Morgan fingerprint density at radius 3 is 2.32 bits per heavy atom. The molecule has 0 aliphatic heterocycles. The molecule has 0 radical (unpaired) electrons. The van der Waals surface area contributed by atoms with E-state index in [0.717, 1.165) is 17.5 Å². The van der Waals surface area contributed by atoms with Gasteiger partial charge in [0, 0.05) is 19.0 Å². The van der Waals surface area contributed by atoms with Crippen molar-refractivity contribution in [3.05, 3.63) is 83.9 Å². The molecule has 0 fully saturated rings. The summed E-state index contributed by atoms with van der Waals surface area (Å²) in [6.45, 7) is 6.25. The minimum atomic E-state index is -0.533. The first-order valence-electron chi connectivity index (χ1n) is 11.1. The summed E-state index contributed by atoms with van der Waals surface area (Å²) < 4.78 is 0. The lowest BCUT2D eigenvalue weighted by Gasteiger charge is -2.30. The summed E-state index contributed by atoms with van der Waals surface area (Å²) >= 11 is 0. The molecule has 31 heavy (non-hydrogen) atoms. The summed E-state index contributed by atoms with van der Waals surface area (Å²) in [6.07, 6.45) is 1.86. The van der Waals surface area contributed by atoms with Crippen LogP contribution in [0.5, 0.6) is 0 Å². The number of hydrogen-bond donors (Lipinski definition) is 1. The maximum absolute atomic E-state index is 13.3. The van der Waals surface area contributed by atoms with Gasteiger partial charge >= 0.3 is 0 Å². The number of carbonyl (C=O) groups is 2. The molecule has 3 aromatic carbocycles. The van der Waals surface area contributed by atoms with Crippen molar-refractivity contribution in [1.29, 1.82) is 0 Å². The van der Waals surface area contributed by atoms with Gasteiger partial charge in [-0.15, -0.1) is 0 Å². The number of rotatable bonds is 9. The molecule has 0 saturated carbocycles. The van der Waals surface area contributed by atoms with Crippen molar-refractivity contribution in [3.63, 3.8) is 0 Å². The van der Waals surface area contributed by atoms with Crippen LogP contribution in [0.2, 0.25) is 0 Å². The molecule has 2 amide bonds. The molecule has 162 valence electrons. The van der Waals surface area contributed by atoms with E-state index in [2.05, 4.69) is 29.6 Å². The topological polar surface area (TPSA) is 49.4 Å². The fourth-order valence-electron chi connectivity index (χ4n) is 3.72. The molecule has 0 heterocycles. The van der Waals surface area contributed by atoms with Gasteiger partial charge in [0.25, 0.3) is 0 Å². The number of amides is 2. The molecule has 3 rings (SSSR count). The van der Waals surface area contributed by atoms with Crippen molar-refractivity contribution >= 4 is 22.6 Å². The second-order valence-electron chi connectivity index (χ2n) is 8.14. The highest BCUT2D eigenvalue weighted by molar-refractivity contribution is 5.89. The molecule has 2 atom stereocenters. The van der Waals surface area contributed by atoms with E-state index in [4.69, 9.17) is 0 Å². The maximum atomic E-state index is 13.3. The van der Waals surface area contributed by atoms with Gasteiger partial charge in [-0.1, -0.05) is 79.7 Å². The Morgan fingerprint density at radius 2 is 1.58 bits per heavy atom. The fraction of sp³-hybridized carbons (Fsp3) is 0.333. The van der Waals surface area contributed by atoms with Crippen LogP contribution in [0, 0.1) is 0 Å². The van der Waals surface area contributed by atoms with Crippen LogP contribution >= 0.6 is 0 Å². The van der Waals surface area contributed by atoms with Crippen molar-refractivity contribution in [3.8, 4) is 0 Å². The first kappa shape index (κ1) is 22.5. The SMILES string of the molecule is CC[C@H](C)NC(=O)[C@@H](C)N(Cc1ccccc1)C(=O)CCc1cccc2ccccc12. The van der Waals surface area contributed by atoms with Crippen molar-refractivity contribution < 1.29 is 9.59 Å². The van der Waals surface area contributed by atoms with Gasteiger partial charge in [0.05, 0.1) is 0 Å². The lowest BCUT2D eigenvalue weighted by Crippen LogP contribution is -2.49. The van der Waals surface area contributed by atoms with E-state index in [0.29, 0.717) is 19.4 Å². The van der Waals surface area contributed by atoms with E-state index in [1.807, 2.05) is 69.3 Å². The van der Waals surface area contributed by atoms with Crippen molar-refractivity contribution in [2.45, 2.75) is 58.7 Å². The standard InChI is InChI=1S/C27H32N2O2/c1-4-20(2)28-27(31)21(3)29(19-22-11-6-5-7-12-22)26(30)18-17-24-15-10-14-23-13-8-9-16-25(23)24/h5-16,20-21H,4,17-19H2,1-3H3,(H,28,31)/t20-,21+/m0/s1. The number of benzene rings is 3. The zero-order valence-electron chi connectivity index (χ0n) is 18.7. The molecule has 0 aliphatic carbocycles. The molecule has 0 bridgehead atoms. The molecule has 0 aromatic heterocycles. The average Bonchev–Trinajstić information content (AvgIpc) is 2.81. The van der Waals surface area contributed by atoms with Gasteiger partial charge in [0.15, 0.2) is 0 Å². The van der Waals surface area contributed by atoms with Gasteiger partial charge in [-0.3, -0.25) is 9.59 Å². The van der Waals surface area contributed by atoms with Crippen LogP contribution in [0.25, 0.3) is 10.8 Å². The van der Waals surface area contributed by atoms with Crippen LogP contribution in [-0.4, -0.2) is 28.8 Å². The zero-order chi connectivity index (χ0) is 22.2. The highest BCUT2D eigenvalue weighted by Gasteiger charge is 2.26. The van der Waals surface area contributed by atoms with Crippen LogP contribution in [0.3, 0.4) is 0 Å². The van der Waals surface area contributed by atoms with Gasteiger partial charge in [-0.05, 0) is 48.6 Å². The third kappa shape index (κ3) is 5.94. The molecule has 4 nitrogen and oxygen atoms in total. The summed E-state index contributed by atoms with van der Waals surface area (Å²) in [5.74, 6) is -0.118. The monoisotopic (exact) mass is 416 g/mol. The van der Waals surface area contributed by atoms with E-state index in [1.165, 1.54) is 10.8 Å². The largest absolute Gasteiger partial charge is 0.352 e. The van der Waals surface area contributed by atoms with Gasteiger partial charge < -0.3 is 10.2 Å². The summed E-state index contributed by atoms with van der Waals surface area (Å²) in [7, 11) is 0. The molecular weight excluding hydrogens is 384 g/mol. The van der Waals surface area contributed by atoms with Crippen LogP contribution in [0.4, 0.5) is 0 Å². The summed E-state index contributed by atoms with van der Waals surface area (Å²) in [4.78, 5) is 27.8. The third-order valence-corrected chi connectivity index (χ3v) is 5.85. The van der Waals surface area contributed by atoms with Crippen LogP contribution in [0.1, 0.15) is 44.7 Å². The van der Waals surface area contributed by atoms with Gasteiger partial charge in [0.1, 0.15) is 6.04 Å². The number of aryl methyl sites for hydroxylation is 1. The van der Waals surface area contributed by atoms with E-state index in [9.17, 15) is 9.59 Å². The third-order valence-electron chi connectivity index (χ3n) is 5.85. The molecule has 0 unspecified atom stereocenters. The minimum Gasteiger partial charge on any atom is -0.352 e. The normalized spacial score (nSPS) is 12.9. The Bertz CT molecular complexity index is 1010. The summed E-state index contributed by atoms with van der Waals surface area (Å²) in [5.41, 5.74) is 2.17. The predicted octanol–water partition coefficient (Wildman–Crippen LogP) is 5.10. The Labute approximate surface area is 185 Å². The zero-order valence-corrected chi connectivity index (χ0v) is 18.7. The highest BCUT2D eigenvalue weighted by atomic mass is 16.2. The second-order valence-corrected chi connectivity index (χ2v) is 8.14. The quantitative estimate of drug-likeness (QED) is 0.527. The number of nitrogens with one attached hydrogen (secondary N) is 1. The number of carbonyl (C=O) groups excluding carboxylic acids is 2. The van der Waals surface area contributed by atoms with E-state index < -0.39 is 6.04 Å². The van der Waals surface area contributed by atoms with Crippen molar-refractivity contribution in [2.75, 3.05) is 0 Å². The Hall–Kier alpha value is -3.14. The molecular formula is C27H32N2O2. The first-order chi connectivity index (χ1) is 15.0. The van der Waals surface area contributed by atoms with Gasteiger partial charge in [-0.25, -0.2) is 0 Å². The molecule has 3 aromatic rings. The van der Waals surface area contributed by atoms with Crippen LogP contribution in [0.15, 0.2) is 72.8 Å². The van der Waals surface area contributed by atoms with Crippen molar-refractivity contribution in [1.82, 2.24) is 10.2 Å². The predicted molar refractivity (Wildman–Crippen MR) is 127 cm³/mol. The Balaban J connectivity index is 1.77. The van der Waals surface area contributed by atoms with Crippen molar-refractivity contribution in [2.24, 2.45) is 0 Å². The van der Waals surface area contributed by atoms with Crippen LogP contribution < -0.4 is 5.32 Å². The first-order valence-corrected chi connectivity index (χ1v) is 11.1. The second kappa shape index (κ2) is 10.8. The number of hydrogen-bond acceptors (Lipinski definition) is 2. The van der Waals surface area contributed by atoms with Crippen LogP contribution in [-0.2, 0) is 22.6 Å². The number of nitrogens with zero attached hydrogens (tertiary/aromatic N) is 1. The van der Waals surface area contributed by atoms with Gasteiger partial charge in [0.2, 0.25) is 11.8 Å². The molecule has 1 N–H and O–H groups in total. The lowest BCUT2D eigenvalue weighted by atomic mass is 10.0. The lowest BCUT2D eigenvalue weighted by molar-refractivity contribution is -0.140. The summed E-state index contributed by atoms with van der Waals surface area (Å²) in [6, 6.07) is 23.8. The summed E-state index contributed by atoms with van der Waals surface area (Å²) in [5, 5.41) is 5.37. The van der Waals surface area contributed by atoms with E-state index >= 15 is 0 Å². The fourth-order valence-corrected chi connectivity index (χ4v) is 3.72. The van der Waals surface area contributed by atoms with E-state index in [-0.39, 0.29) is 17.9 Å². The molecule has 0 saturated heterocycles. The smallest absolute Gasteiger partial charge is 0.242 e. The highest BCUT2D eigenvalue weighted by Crippen LogP contribution is 2.21. The average molecular weight is 417 g/mol. The molecule has 0 spiro atoms. The Morgan fingerprint density at radius 1 is 0.903 bits per heavy atom. The van der Waals surface area contributed by atoms with Gasteiger partial charge in [-0.2, -0.15) is 0 Å². The maximum Gasteiger partial charge on any atom is 0.242 e. The number of fused-ring (bicyclic) bond motifs is 1. The minimum absolute atomic E-state index is 0.0106. The molecule has 0 aliphatic rings. The Kier molecular flexibility index (Phi) is 7.82. The van der Waals surface area contributed by atoms with E-state index in [1.54, 1.807) is 4.90 Å². The molecule has 4 heteroatoms.